The van der Waals surface area contributed by atoms with Gasteiger partial charge in [-0.25, -0.2) is 0 Å². The molecule has 1 aromatic carbocycles. The molecule has 0 unspecified atom stereocenters. The number of alkyl halides is 3. The predicted octanol–water partition coefficient (Wildman–Crippen LogP) is 5.80. The molecule has 4 nitrogen and oxygen atoms in total. The second kappa shape index (κ2) is 13.2. The Morgan fingerprint density at radius 3 is 2.54 bits per heavy atom. The van der Waals surface area contributed by atoms with Gasteiger partial charge in [-0.2, -0.15) is 13.2 Å². The molecule has 0 saturated heterocycles. The van der Waals surface area contributed by atoms with Crippen molar-refractivity contribution < 1.29 is 27.4 Å². The highest BCUT2D eigenvalue weighted by molar-refractivity contribution is 5.99. The summed E-state index contributed by atoms with van der Waals surface area (Å²) < 4.78 is 40.8. The van der Waals surface area contributed by atoms with Crippen molar-refractivity contribution in [2.45, 2.75) is 71.8 Å². The van der Waals surface area contributed by atoms with Gasteiger partial charge in [-0.05, 0) is 36.6 Å². The van der Waals surface area contributed by atoms with Crippen LogP contribution in [0.2, 0.25) is 0 Å². The molecule has 1 N–H and O–H groups in total. The van der Waals surface area contributed by atoms with Crippen molar-refractivity contribution in [1.29, 1.82) is 0 Å². The SMILES string of the molecule is C=CC(=O)Nc1cc2c(c(COC3CCCCC3)c1)OCC2.CC.FC(F)F. The van der Waals surface area contributed by atoms with Crippen LogP contribution < -0.4 is 10.1 Å². The summed E-state index contributed by atoms with van der Waals surface area (Å²) in [5, 5.41) is 2.83. The smallest absolute Gasteiger partial charge is 0.379 e. The van der Waals surface area contributed by atoms with E-state index in [1.807, 2.05) is 26.0 Å². The first-order valence-corrected chi connectivity index (χ1v) is 9.75. The van der Waals surface area contributed by atoms with Gasteiger partial charge < -0.3 is 14.8 Å². The van der Waals surface area contributed by atoms with E-state index in [-0.39, 0.29) is 5.91 Å². The van der Waals surface area contributed by atoms with Crippen LogP contribution in [-0.2, 0) is 22.6 Å². The molecule has 0 aromatic heterocycles. The van der Waals surface area contributed by atoms with E-state index in [1.54, 1.807) is 0 Å². The van der Waals surface area contributed by atoms with Gasteiger partial charge in [0.25, 0.3) is 0 Å². The first-order valence-electron chi connectivity index (χ1n) is 9.75. The van der Waals surface area contributed by atoms with Gasteiger partial charge in [0.2, 0.25) is 5.91 Å². The summed E-state index contributed by atoms with van der Waals surface area (Å²) in [6.07, 6.45) is 8.65. The second-order valence-corrected chi connectivity index (χ2v) is 6.23. The number of halogens is 3. The summed E-state index contributed by atoms with van der Waals surface area (Å²) in [5.41, 5.74) is 2.96. The van der Waals surface area contributed by atoms with Crippen molar-refractivity contribution in [1.82, 2.24) is 0 Å². The first kappa shape index (κ1) is 24.0. The van der Waals surface area contributed by atoms with Crippen LogP contribution in [0.1, 0.15) is 57.1 Å². The molecule has 158 valence electrons. The third-order valence-electron chi connectivity index (χ3n) is 4.34. The van der Waals surface area contributed by atoms with Gasteiger partial charge in [-0.3, -0.25) is 4.79 Å². The fourth-order valence-electron chi connectivity index (χ4n) is 3.20. The van der Waals surface area contributed by atoms with Crippen LogP contribution >= 0.6 is 0 Å². The molecule has 0 atom stereocenters. The molecule has 0 spiro atoms. The topological polar surface area (TPSA) is 47.6 Å². The normalized spacial score (nSPS) is 15.4. The van der Waals surface area contributed by atoms with E-state index in [9.17, 15) is 18.0 Å². The zero-order chi connectivity index (χ0) is 20.9. The Kier molecular flexibility index (Phi) is 11.3. The van der Waals surface area contributed by atoms with Crippen LogP contribution in [-0.4, -0.2) is 25.3 Å². The zero-order valence-corrected chi connectivity index (χ0v) is 16.6. The van der Waals surface area contributed by atoms with Crippen molar-refractivity contribution in [3.8, 4) is 5.75 Å². The summed E-state index contributed by atoms with van der Waals surface area (Å²) in [6, 6.07) is 3.93. The quantitative estimate of drug-likeness (QED) is 0.634. The Morgan fingerprint density at radius 1 is 1.29 bits per heavy atom. The summed E-state index contributed by atoms with van der Waals surface area (Å²) in [7, 11) is 0. The lowest BCUT2D eigenvalue weighted by Crippen LogP contribution is -2.16. The first-order chi connectivity index (χ1) is 13.5. The fraction of sp³-hybridized carbons (Fsp3) is 0.571. The number of hydrogen-bond donors (Lipinski definition) is 1. The third-order valence-corrected chi connectivity index (χ3v) is 4.34. The number of benzene rings is 1. The fourth-order valence-corrected chi connectivity index (χ4v) is 3.20. The molecule has 0 radical (unpaired) electrons. The van der Waals surface area contributed by atoms with Crippen LogP contribution in [0.15, 0.2) is 24.8 Å². The molecule has 1 saturated carbocycles. The number of ether oxygens (including phenoxy) is 2. The minimum atomic E-state index is -3.67. The monoisotopic (exact) mass is 401 g/mol. The highest BCUT2D eigenvalue weighted by atomic mass is 19.4. The summed E-state index contributed by atoms with van der Waals surface area (Å²) in [6.45, 7) is 5.07. The molecule has 28 heavy (non-hydrogen) atoms. The van der Waals surface area contributed by atoms with Gasteiger partial charge in [0.15, 0.2) is 0 Å². The standard InChI is InChI=1S/C18H23NO3.C2H6.CHF3/c1-2-17(20)19-15-10-13-8-9-21-18(13)14(11-15)12-22-16-6-4-3-5-7-16;1-2;2-1(3)4/h2,10-11,16H,1,3-9,12H2,(H,19,20);1-2H3;1H. The zero-order valence-electron chi connectivity index (χ0n) is 16.6. The number of nitrogens with one attached hydrogen (secondary N) is 1. The molecule has 1 aliphatic carbocycles. The number of fused-ring (bicyclic) bond motifs is 1. The average Bonchev–Trinajstić information content (AvgIpc) is 3.16. The van der Waals surface area contributed by atoms with Crippen molar-refractivity contribution in [2.75, 3.05) is 11.9 Å². The highest BCUT2D eigenvalue weighted by Crippen LogP contribution is 2.34. The minimum absolute atomic E-state index is 0.196. The summed E-state index contributed by atoms with van der Waals surface area (Å²) in [4.78, 5) is 11.5. The third kappa shape index (κ3) is 8.33. The van der Waals surface area contributed by atoms with Gasteiger partial charge in [-0.1, -0.05) is 39.7 Å². The molecule has 1 amide bonds. The van der Waals surface area contributed by atoms with Gasteiger partial charge in [-0.15, -0.1) is 0 Å². The molecular formula is C21H30F3NO3. The van der Waals surface area contributed by atoms with Crippen molar-refractivity contribution >= 4 is 11.6 Å². The number of carbonyl (C=O) groups excluding carboxylic acids is 1. The highest BCUT2D eigenvalue weighted by Gasteiger charge is 2.20. The van der Waals surface area contributed by atoms with E-state index in [4.69, 9.17) is 9.47 Å². The Balaban J connectivity index is 0.000000583. The van der Waals surface area contributed by atoms with Gasteiger partial charge in [0.05, 0.1) is 19.3 Å². The molecule has 1 aliphatic heterocycles. The number of anilines is 1. The molecule has 1 heterocycles. The van der Waals surface area contributed by atoms with Crippen molar-refractivity contribution in [3.05, 3.63) is 35.9 Å². The molecule has 7 heteroatoms. The van der Waals surface area contributed by atoms with Crippen LogP contribution in [0.4, 0.5) is 18.9 Å². The van der Waals surface area contributed by atoms with Crippen LogP contribution in [0.25, 0.3) is 0 Å². The second-order valence-electron chi connectivity index (χ2n) is 6.23. The Morgan fingerprint density at radius 2 is 1.93 bits per heavy atom. The summed E-state index contributed by atoms with van der Waals surface area (Å²) in [5.74, 6) is 0.741. The average molecular weight is 401 g/mol. The Bertz CT molecular complexity index is 614. The maximum Gasteiger partial charge on any atom is 0.379 e. The summed E-state index contributed by atoms with van der Waals surface area (Å²) >= 11 is 0. The lowest BCUT2D eigenvalue weighted by Gasteiger charge is -2.22. The number of hydrogen-bond acceptors (Lipinski definition) is 3. The van der Waals surface area contributed by atoms with Gasteiger partial charge in [0.1, 0.15) is 5.75 Å². The van der Waals surface area contributed by atoms with Crippen LogP contribution in [0, 0.1) is 0 Å². The van der Waals surface area contributed by atoms with E-state index < -0.39 is 6.68 Å². The molecule has 1 aromatic rings. The Labute approximate surface area is 165 Å². The maximum absolute atomic E-state index is 11.5. The predicted molar refractivity (Wildman–Crippen MR) is 105 cm³/mol. The van der Waals surface area contributed by atoms with Gasteiger partial charge in [0, 0.05) is 17.7 Å². The van der Waals surface area contributed by atoms with E-state index >= 15 is 0 Å². The van der Waals surface area contributed by atoms with E-state index in [2.05, 4.69) is 11.9 Å². The lowest BCUT2D eigenvalue weighted by atomic mass is 9.98. The van der Waals surface area contributed by atoms with Gasteiger partial charge >= 0.3 is 6.68 Å². The maximum atomic E-state index is 11.5. The van der Waals surface area contributed by atoms with Crippen LogP contribution in [0.5, 0.6) is 5.75 Å². The number of amides is 1. The number of rotatable bonds is 5. The Hall–Kier alpha value is -2.02. The molecule has 3 rings (SSSR count). The van der Waals surface area contributed by atoms with Crippen molar-refractivity contribution in [2.24, 2.45) is 0 Å². The molecule has 2 aliphatic rings. The molecular weight excluding hydrogens is 371 g/mol. The largest absolute Gasteiger partial charge is 0.493 e. The minimum Gasteiger partial charge on any atom is -0.493 e. The van der Waals surface area contributed by atoms with E-state index in [0.717, 1.165) is 41.8 Å². The number of carbonyl (C=O) groups is 1. The molecule has 1 fully saturated rings. The van der Waals surface area contributed by atoms with E-state index in [0.29, 0.717) is 19.3 Å². The van der Waals surface area contributed by atoms with Crippen molar-refractivity contribution in [3.63, 3.8) is 0 Å². The molecule has 0 bridgehead atoms. The lowest BCUT2D eigenvalue weighted by molar-refractivity contribution is -0.111. The van der Waals surface area contributed by atoms with E-state index in [1.165, 1.54) is 25.3 Å². The van der Waals surface area contributed by atoms with Crippen LogP contribution in [0.3, 0.4) is 0 Å².